The average molecular weight is 311 g/mol. The molecule has 0 bridgehead atoms. The summed E-state index contributed by atoms with van der Waals surface area (Å²) in [5, 5.41) is 1.65. The summed E-state index contributed by atoms with van der Waals surface area (Å²) in [6.07, 6.45) is 3.18. The molecule has 0 atom stereocenters. The second-order valence-corrected chi connectivity index (χ2v) is 5.98. The highest BCUT2D eigenvalue weighted by Crippen LogP contribution is 2.34. The van der Waals surface area contributed by atoms with Gasteiger partial charge in [-0.05, 0) is 67.3 Å². The molecule has 0 aliphatic heterocycles. The van der Waals surface area contributed by atoms with Gasteiger partial charge in [0, 0.05) is 21.8 Å². The van der Waals surface area contributed by atoms with E-state index >= 15 is 0 Å². The van der Waals surface area contributed by atoms with Crippen molar-refractivity contribution in [1.82, 2.24) is 4.98 Å². The van der Waals surface area contributed by atoms with Crippen molar-refractivity contribution in [2.45, 2.75) is 19.3 Å². The van der Waals surface area contributed by atoms with Gasteiger partial charge >= 0.3 is 0 Å². The normalized spacial score (nSPS) is 13.3. The molecule has 3 nitrogen and oxygen atoms in total. The first-order valence-corrected chi connectivity index (χ1v) is 7.73. The molecule has 0 unspecified atom stereocenters. The molecule has 0 fully saturated rings. The van der Waals surface area contributed by atoms with Crippen molar-refractivity contribution in [1.29, 1.82) is 0 Å². The predicted octanol–water partition coefficient (Wildman–Crippen LogP) is 4.75. The fraction of sp³-hybridized carbons (Fsp3) is 0.167. The molecule has 0 radical (unpaired) electrons. The lowest BCUT2D eigenvalue weighted by atomic mass is 10.1. The Balaban J connectivity index is 1.75. The summed E-state index contributed by atoms with van der Waals surface area (Å²) in [4.78, 5) is 4.72. The standard InChI is InChI=1S/C18H15ClN2O/c19-11-4-6-12(7-5-11)22-13-8-9-17-15(10-13)18(20)14-2-1-3-16(14)21-17/h4-10H,1-3H2,(H2,20,21). The van der Waals surface area contributed by atoms with Gasteiger partial charge in [0.1, 0.15) is 11.5 Å². The molecule has 4 rings (SSSR count). The number of rotatable bonds is 2. The Morgan fingerprint density at radius 2 is 1.77 bits per heavy atom. The van der Waals surface area contributed by atoms with Gasteiger partial charge in [0.05, 0.1) is 5.52 Å². The minimum absolute atomic E-state index is 0.690. The van der Waals surface area contributed by atoms with Crippen molar-refractivity contribution in [2.75, 3.05) is 5.73 Å². The first-order valence-electron chi connectivity index (χ1n) is 7.35. The van der Waals surface area contributed by atoms with Crippen molar-refractivity contribution < 1.29 is 4.74 Å². The van der Waals surface area contributed by atoms with Crippen molar-refractivity contribution in [3.05, 3.63) is 58.7 Å². The molecule has 4 heteroatoms. The van der Waals surface area contributed by atoms with E-state index in [0.717, 1.165) is 53.0 Å². The maximum Gasteiger partial charge on any atom is 0.128 e. The predicted molar refractivity (Wildman–Crippen MR) is 89.7 cm³/mol. The van der Waals surface area contributed by atoms with E-state index in [1.807, 2.05) is 30.3 Å². The van der Waals surface area contributed by atoms with Crippen molar-refractivity contribution in [3.63, 3.8) is 0 Å². The van der Waals surface area contributed by atoms with Crippen LogP contribution in [0.5, 0.6) is 11.5 Å². The van der Waals surface area contributed by atoms with Gasteiger partial charge in [-0.25, -0.2) is 0 Å². The van der Waals surface area contributed by atoms with Gasteiger partial charge in [0.25, 0.3) is 0 Å². The first-order chi connectivity index (χ1) is 10.7. The van der Waals surface area contributed by atoms with Crippen LogP contribution in [0.1, 0.15) is 17.7 Å². The van der Waals surface area contributed by atoms with E-state index in [2.05, 4.69) is 0 Å². The summed E-state index contributed by atoms with van der Waals surface area (Å²) in [6.45, 7) is 0. The largest absolute Gasteiger partial charge is 0.457 e. The molecule has 1 aliphatic carbocycles. The van der Waals surface area contributed by atoms with Gasteiger partial charge in [0.15, 0.2) is 0 Å². The van der Waals surface area contributed by atoms with E-state index in [4.69, 9.17) is 27.1 Å². The molecule has 1 aliphatic rings. The third-order valence-electron chi connectivity index (χ3n) is 4.08. The van der Waals surface area contributed by atoms with E-state index in [1.54, 1.807) is 12.1 Å². The number of anilines is 1. The van der Waals surface area contributed by atoms with Crippen LogP contribution < -0.4 is 10.5 Å². The Morgan fingerprint density at radius 3 is 2.59 bits per heavy atom. The lowest BCUT2D eigenvalue weighted by Gasteiger charge is -2.11. The fourth-order valence-corrected chi connectivity index (χ4v) is 3.11. The van der Waals surface area contributed by atoms with E-state index in [0.29, 0.717) is 5.02 Å². The van der Waals surface area contributed by atoms with Gasteiger partial charge in [-0.2, -0.15) is 0 Å². The van der Waals surface area contributed by atoms with E-state index in [9.17, 15) is 0 Å². The molecular weight excluding hydrogens is 296 g/mol. The molecular formula is C18H15ClN2O. The van der Waals surface area contributed by atoms with Crippen LogP contribution in [-0.2, 0) is 12.8 Å². The molecule has 110 valence electrons. The Bertz CT molecular complexity index is 859. The van der Waals surface area contributed by atoms with Crippen molar-refractivity contribution >= 4 is 28.2 Å². The second kappa shape index (κ2) is 5.18. The van der Waals surface area contributed by atoms with Crippen molar-refractivity contribution in [2.24, 2.45) is 0 Å². The van der Waals surface area contributed by atoms with Crippen LogP contribution in [0, 0.1) is 0 Å². The number of nitrogen functional groups attached to an aromatic ring is 1. The van der Waals surface area contributed by atoms with Crippen LogP contribution >= 0.6 is 11.6 Å². The maximum absolute atomic E-state index is 6.34. The number of aromatic nitrogens is 1. The highest BCUT2D eigenvalue weighted by Gasteiger charge is 2.18. The SMILES string of the molecule is Nc1c2c(nc3ccc(Oc4ccc(Cl)cc4)cc13)CCC2. The second-order valence-electron chi connectivity index (χ2n) is 5.54. The summed E-state index contributed by atoms with van der Waals surface area (Å²) in [5.41, 5.74) is 10.5. The Labute approximate surface area is 133 Å². The van der Waals surface area contributed by atoms with Crippen LogP contribution in [0.2, 0.25) is 5.02 Å². The molecule has 0 amide bonds. The zero-order valence-electron chi connectivity index (χ0n) is 12.0. The van der Waals surface area contributed by atoms with Gasteiger partial charge in [-0.1, -0.05) is 11.6 Å². The maximum atomic E-state index is 6.34. The topological polar surface area (TPSA) is 48.1 Å². The number of fused-ring (bicyclic) bond motifs is 2. The van der Waals surface area contributed by atoms with Crippen LogP contribution in [-0.4, -0.2) is 4.98 Å². The van der Waals surface area contributed by atoms with Gasteiger partial charge < -0.3 is 10.5 Å². The molecule has 0 spiro atoms. The minimum atomic E-state index is 0.690. The van der Waals surface area contributed by atoms with E-state index in [-0.39, 0.29) is 0 Å². The van der Waals surface area contributed by atoms with Crippen LogP contribution in [0.25, 0.3) is 10.9 Å². The quantitative estimate of drug-likeness (QED) is 0.743. The Kier molecular flexibility index (Phi) is 3.16. The van der Waals surface area contributed by atoms with Crippen LogP contribution in [0.4, 0.5) is 5.69 Å². The van der Waals surface area contributed by atoms with Crippen LogP contribution in [0.15, 0.2) is 42.5 Å². The monoisotopic (exact) mass is 310 g/mol. The lowest BCUT2D eigenvalue weighted by Crippen LogP contribution is -1.98. The summed E-state index contributed by atoms with van der Waals surface area (Å²) in [7, 11) is 0. The molecule has 3 aromatic rings. The molecule has 1 heterocycles. The minimum Gasteiger partial charge on any atom is -0.457 e. The molecule has 2 aromatic carbocycles. The first kappa shape index (κ1) is 13.4. The number of hydrogen-bond donors (Lipinski definition) is 1. The molecule has 1 aromatic heterocycles. The highest BCUT2D eigenvalue weighted by molar-refractivity contribution is 6.30. The third kappa shape index (κ3) is 2.28. The smallest absolute Gasteiger partial charge is 0.128 e. The number of halogens is 1. The van der Waals surface area contributed by atoms with Gasteiger partial charge in [0.2, 0.25) is 0 Å². The van der Waals surface area contributed by atoms with E-state index in [1.165, 1.54) is 5.56 Å². The zero-order valence-corrected chi connectivity index (χ0v) is 12.7. The highest BCUT2D eigenvalue weighted by atomic mass is 35.5. The lowest BCUT2D eigenvalue weighted by molar-refractivity contribution is 0.483. The van der Waals surface area contributed by atoms with Gasteiger partial charge in [-0.3, -0.25) is 4.98 Å². The van der Waals surface area contributed by atoms with E-state index < -0.39 is 0 Å². The summed E-state index contributed by atoms with van der Waals surface area (Å²) in [5.74, 6) is 1.50. The fourth-order valence-electron chi connectivity index (χ4n) is 2.98. The van der Waals surface area contributed by atoms with Crippen molar-refractivity contribution in [3.8, 4) is 11.5 Å². The van der Waals surface area contributed by atoms with Gasteiger partial charge in [-0.15, -0.1) is 0 Å². The number of benzene rings is 2. The summed E-state index contributed by atoms with van der Waals surface area (Å²) < 4.78 is 5.87. The Hall–Kier alpha value is -2.26. The number of pyridine rings is 1. The number of hydrogen-bond acceptors (Lipinski definition) is 3. The Morgan fingerprint density at radius 1 is 1.00 bits per heavy atom. The van der Waals surface area contributed by atoms with Crippen LogP contribution in [0.3, 0.4) is 0 Å². The zero-order chi connectivity index (χ0) is 15.1. The molecule has 0 saturated carbocycles. The number of nitrogens with zero attached hydrogens (tertiary/aromatic N) is 1. The molecule has 0 saturated heterocycles. The third-order valence-corrected chi connectivity index (χ3v) is 4.33. The molecule has 22 heavy (non-hydrogen) atoms. The molecule has 2 N–H and O–H groups in total. The average Bonchev–Trinajstić information content (AvgIpc) is 2.99. The number of nitrogens with two attached hydrogens (primary N) is 1. The summed E-state index contributed by atoms with van der Waals surface area (Å²) >= 11 is 5.89. The number of ether oxygens (including phenoxy) is 1. The number of aryl methyl sites for hydroxylation is 1. The summed E-state index contributed by atoms with van der Waals surface area (Å²) in [6, 6.07) is 13.2.